The van der Waals surface area contributed by atoms with Crippen LogP contribution in [-0.2, 0) is 6.54 Å². The van der Waals surface area contributed by atoms with E-state index in [2.05, 4.69) is 15.2 Å². The Morgan fingerprint density at radius 1 is 1.50 bits per heavy atom. The molecular formula is C12H21N3O. The summed E-state index contributed by atoms with van der Waals surface area (Å²) >= 11 is 0. The van der Waals surface area contributed by atoms with E-state index in [1.165, 1.54) is 11.3 Å². The summed E-state index contributed by atoms with van der Waals surface area (Å²) in [7, 11) is 4.04. The van der Waals surface area contributed by atoms with E-state index in [0.29, 0.717) is 0 Å². The van der Waals surface area contributed by atoms with Gasteiger partial charge in [0.2, 0.25) is 0 Å². The van der Waals surface area contributed by atoms with Crippen molar-refractivity contribution < 1.29 is 5.11 Å². The Balaban J connectivity index is 2.47. The Morgan fingerprint density at radius 3 is 2.88 bits per heavy atom. The minimum atomic E-state index is -0.241. The number of nitrogens with one attached hydrogen (secondary N) is 1. The van der Waals surface area contributed by atoms with E-state index in [1.807, 2.05) is 26.4 Å². The van der Waals surface area contributed by atoms with Gasteiger partial charge in [0, 0.05) is 44.3 Å². The topological polar surface area (TPSA) is 48.4 Å². The van der Waals surface area contributed by atoms with Crippen molar-refractivity contribution in [1.82, 2.24) is 10.3 Å². The maximum absolute atomic E-state index is 9.13. The monoisotopic (exact) mass is 223 g/mol. The molecule has 0 amide bonds. The van der Waals surface area contributed by atoms with Gasteiger partial charge >= 0.3 is 0 Å². The number of rotatable bonds is 6. The fourth-order valence-electron chi connectivity index (χ4n) is 1.53. The molecule has 0 radical (unpaired) electrons. The predicted octanol–water partition coefficient (Wildman–Crippen LogP) is 1.01. The molecule has 1 atom stereocenters. The summed E-state index contributed by atoms with van der Waals surface area (Å²) in [6, 6.07) is 2.01. The molecule has 90 valence electrons. The average molecular weight is 223 g/mol. The molecule has 0 aliphatic heterocycles. The normalized spacial score (nSPS) is 12.5. The Labute approximate surface area is 97.3 Å². The van der Waals surface area contributed by atoms with Crippen molar-refractivity contribution in [3.8, 4) is 0 Å². The third-order valence-electron chi connectivity index (χ3n) is 2.41. The van der Waals surface area contributed by atoms with E-state index >= 15 is 0 Å². The number of nitrogens with zero attached hydrogens (tertiary/aromatic N) is 2. The van der Waals surface area contributed by atoms with Gasteiger partial charge in [0.05, 0.1) is 6.10 Å². The molecule has 1 aromatic heterocycles. The van der Waals surface area contributed by atoms with Crippen molar-refractivity contribution in [3.05, 3.63) is 24.0 Å². The number of aliphatic hydroxyl groups excluding tert-OH is 1. The molecule has 1 heterocycles. The summed E-state index contributed by atoms with van der Waals surface area (Å²) in [6.45, 7) is 3.41. The molecule has 1 unspecified atom stereocenters. The zero-order chi connectivity index (χ0) is 12.0. The maximum Gasteiger partial charge on any atom is 0.0524 e. The molecule has 0 saturated carbocycles. The van der Waals surface area contributed by atoms with Crippen LogP contribution in [0.2, 0.25) is 0 Å². The van der Waals surface area contributed by atoms with E-state index in [4.69, 9.17) is 5.11 Å². The number of hydrogen-bond donors (Lipinski definition) is 2. The van der Waals surface area contributed by atoms with Gasteiger partial charge in [0.25, 0.3) is 0 Å². The SMILES string of the molecule is CC(O)CCNCc1cnccc1N(C)C. The molecule has 0 aliphatic rings. The Bertz CT molecular complexity index is 313. The van der Waals surface area contributed by atoms with Gasteiger partial charge in [-0.05, 0) is 26.0 Å². The maximum atomic E-state index is 9.13. The second-order valence-corrected chi connectivity index (χ2v) is 4.21. The van der Waals surface area contributed by atoms with Crippen LogP contribution in [0, 0.1) is 0 Å². The number of aliphatic hydroxyl groups is 1. The lowest BCUT2D eigenvalue weighted by Gasteiger charge is -2.17. The van der Waals surface area contributed by atoms with Crippen molar-refractivity contribution in [2.75, 3.05) is 25.5 Å². The molecule has 0 spiro atoms. The van der Waals surface area contributed by atoms with Crippen LogP contribution >= 0.6 is 0 Å². The lowest BCUT2D eigenvalue weighted by Crippen LogP contribution is -2.20. The van der Waals surface area contributed by atoms with Crippen LogP contribution in [0.15, 0.2) is 18.5 Å². The van der Waals surface area contributed by atoms with Crippen LogP contribution in [0.4, 0.5) is 5.69 Å². The quantitative estimate of drug-likeness (QED) is 0.707. The number of anilines is 1. The van der Waals surface area contributed by atoms with Crippen LogP contribution in [-0.4, -0.2) is 36.8 Å². The van der Waals surface area contributed by atoms with E-state index in [0.717, 1.165) is 19.5 Å². The van der Waals surface area contributed by atoms with E-state index in [-0.39, 0.29) is 6.10 Å². The van der Waals surface area contributed by atoms with Gasteiger partial charge in [0.1, 0.15) is 0 Å². The van der Waals surface area contributed by atoms with Crippen LogP contribution in [0.1, 0.15) is 18.9 Å². The molecule has 16 heavy (non-hydrogen) atoms. The van der Waals surface area contributed by atoms with E-state index in [9.17, 15) is 0 Å². The van der Waals surface area contributed by atoms with Crippen LogP contribution < -0.4 is 10.2 Å². The minimum Gasteiger partial charge on any atom is -0.393 e. The first kappa shape index (κ1) is 12.9. The Kier molecular flexibility index (Phi) is 5.22. The van der Waals surface area contributed by atoms with Gasteiger partial charge in [-0.1, -0.05) is 0 Å². The molecule has 0 aromatic carbocycles. The molecular weight excluding hydrogens is 202 g/mol. The molecule has 0 fully saturated rings. The Hall–Kier alpha value is -1.13. The average Bonchev–Trinajstić information content (AvgIpc) is 2.24. The molecule has 0 aliphatic carbocycles. The first-order valence-electron chi connectivity index (χ1n) is 5.60. The summed E-state index contributed by atoms with van der Waals surface area (Å²) in [5, 5.41) is 12.4. The van der Waals surface area contributed by atoms with Gasteiger partial charge in [-0.2, -0.15) is 0 Å². The van der Waals surface area contributed by atoms with Crippen molar-refractivity contribution in [1.29, 1.82) is 0 Å². The summed E-state index contributed by atoms with van der Waals surface area (Å²) in [5.74, 6) is 0. The van der Waals surface area contributed by atoms with Crippen LogP contribution in [0.3, 0.4) is 0 Å². The molecule has 4 heteroatoms. The molecule has 1 aromatic rings. The molecule has 1 rings (SSSR count). The smallest absolute Gasteiger partial charge is 0.0524 e. The Morgan fingerprint density at radius 2 is 2.25 bits per heavy atom. The lowest BCUT2D eigenvalue weighted by atomic mass is 10.2. The van der Waals surface area contributed by atoms with Crippen molar-refractivity contribution in [2.45, 2.75) is 26.0 Å². The van der Waals surface area contributed by atoms with Crippen molar-refractivity contribution >= 4 is 5.69 Å². The molecule has 0 saturated heterocycles. The highest BCUT2D eigenvalue weighted by Crippen LogP contribution is 2.15. The molecule has 0 bridgehead atoms. The third-order valence-corrected chi connectivity index (χ3v) is 2.41. The molecule has 4 nitrogen and oxygen atoms in total. The van der Waals surface area contributed by atoms with Crippen molar-refractivity contribution in [3.63, 3.8) is 0 Å². The highest BCUT2D eigenvalue weighted by atomic mass is 16.3. The van der Waals surface area contributed by atoms with Gasteiger partial charge in [-0.3, -0.25) is 4.98 Å². The number of hydrogen-bond acceptors (Lipinski definition) is 4. The number of aromatic nitrogens is 1. The van der Waals surface area contributed by atoms with Crippen LogP contribution in [0.25, 0.3) is 0 Å². The predicted molar refractivity (Wildman–Crippen MR) is 66.6 cm³/mol. The summed E-state index contributed by atoms with van der Waals surface area (Å²) in [5.41, 5.74) is 2.36. The summed E-state index contributed by atoms with van der Waals surface area (Å²) in [4.78, 5) is 6.20. The second kappa shape index (κ2) is 6.45. The zero-order valence-electron chi connectivity index (χ0n) is 10.3. The van der Waals surface area contributed by atoms with E-state index < -0.39 is 0 Å². The standard InChI is InChI=1S/C12H21N3O/c1-10(16)4-6-13-8-11-9-14-7-5-12(11)15(2)3/h5,7,9-10,13,16H,4,6,8H2,1-3H3. The number of pyridine rings is 1. The van der Waals surface area contributed by atoms with Gasteiger partial charge in [-0.25, -0.2) is 0 Å². The van der Waals surface area contributed by atoms with Crippen molar-refractivity contribution in [2.24, 2.45) is 0 Å². The third kappa shape index (κ3) is 4.16. The van der Waals surface area contributed by atoms with Crippen LogP contribution in [0.5, 0.6) is 0 Å². The first-order valence-corrected chi connectivity index (χ1v) is 5.60. The first-order chi connectivity index (χ1) is 7.61. The van der Waals surface area contributed by atoms with E-state index in [1.54, 1.807) is 13.1 Å². The summed E-state index contributed by atoms with van der Waals surface area (Å²) < 4.78 is 0. The van der Waals surface area contributed by atoms with Gasteiger partial charge < -0.3 is 15.3 Å². The molecule has 2 N–H and O–H groups in total. The largest absolute Gasteiger partial charge is 0.393 e. The summed E-state index contributed by atoms with van der Waals surface area (Å²) in [6.07, 6.45) is 4.21. The lowest BCUT2D eigenvalue weighted by molar-refractivity contribution is 0.183. The highest BCUT2D eigenvalue weighted by Gasteiger charge is 2.03. The highest BCUT2D eigenvalue weighted by molar-refractivity contribution is 5.50. The fourth-order valence-corrected chi connectivity index (χ4v) is 1.53. The zero-order valence-corrected chi connectivity index (χ0v) is 10.3. The van der Waals surface area contributed by atoms with Gasteiger partial charge in [0.15, 0.2) is 0 Å². The second-order valence-electron chi connectivity index (χ2n) is 4.21. The minimum absolute atomic E-state index is 0.241. The van der Waals surface area contributed by atoms with Gasteiger partial charge in [-0.15, -0.1) is 0 Å². The fraction of sp³-hybridized carbons (Fsp3) is 0.583.